The normalized spacial score (nSPS) is 43.3. The molecule has 0 saturated heterocycles. The van der Waals surface area contributed by atoms with Crippen LogP contribution in [0.5, 0.6) is 0 Å². The molecule has 2 heterocycles. The molecule has 10 nitrogen and oxygen atoms in total. The predicted molar refractivity (Wildman–Crippen MR) is 133 cm³/mol. The summed E-state index contributed by atoms with van der Waals surface area (Å²) in [6.45, 7) is -1.15. The molecule has 0 bridgehead atoms. The van der Waals surface area contributed by atoms with Crippen LogP contribution in [0.3, 0.4) is 0 Å². The number of aryl methyl sites for hydroxylation is 1. The van der Waals surface area contributed by atoms with Crippen molar-refractivity contribution in [3.8, 4) is 0 Å². The van der Waals surface area contributed by atoms with Gasteiger partial charge in [-0.3, -0.25) is 0 Å². The molecule has 3 aromatic rings. The Morgan fingerprint density at radius 1 is 1.36 bits per heavy atom. The van der Waals surface area contributed by atoms with Gasteiger partial charge in [-0.2, -0.15) is 0 Å². The number of hydrogen-bond acceptors (Lipinski definition) is 10. The minimum atomic E-state index is -3.97. The number of thioether (sulfide) groups is 1. The van der Waals surface area contributed by atoms with Crippen molar-refractivity contribution in [2.75, 3.05) is 24.2 Å². The van der Waals surface area contributed by atoms with Crippen LogP contribution in [0.15, 0.2) is 23.4 Å². The van der Waals surface area contributed by atoms with Crippen LogP contribution < -0.4 is 5.32 Å². The second kappa shape index (κ2) is 10.5. The summed E-state index contributed by atoms with van der Waals surface area (Å²) in [7, 11) is 0. The Morgan fingerprint density at radius 3 is 2.94 bits per heavy atom. The van der Waals surface area contributed by atoms with Crippen LogP contribution in [0.25, 0.3) is 11.2 Å². The van der Waals surface area contributed by atoms with Gasteiger partial charge in [-0.15, -0.1) is 5.10 Å². The topological polar surface area (TPSA) is 138 Å². The lowest BCUT2D eigenvalue weighted by atomic mass is 10.1. The van der Waals surface area contributed by atoms with Crippen molar-refractivity contribution in [3.63, 3.8) is 0 Å². The summed E-state index contributed by atoms with van der Waals surface area (Å²) in [5.74, 6) is -1.23. The summed E-state index contributed by atoms with van der Waals surface area (Å²) in [5, 5.41) is 42.4. The molecule has 2 aliphatic rings. The fraction of sp³-hybridized carbons (Fsp3) is 0.583. The number of ether oxygens (including phenoxy) is 1. The van der Waals surface area contributed by atoms with E-state index >= 15 is 0 Å². The van der Waals surface area contributed by atoms with Crippen LogP contribution in [0, 0.1) is 12.7 Å². The van der Waals surface area contributed by atoms with Crippen LogP contribution in [-0.2, 0) is 4.74 Å². The van der Waals surface area contributed by atoms with Crippen LogP contribution in [0.1, 0.15) is 61.5 Å². The molecule has 2 fully saturated rings. The zero-order chi connectivity index (χ0) is 33.6. The molecule has 0 spiro atoms. The van der Waals surface area contributed by atoms with E-state index in [0.717, 1.165) is 11.8 Å². The zero-order valence-electron chi connectivity index (χ0n) is 28.4. The van der Waals surface area contributed by atoms with Gasteiger partial charge in [-0.25, -0.2) is 19.0 Å². The number of aromatic nitrogens is 5. The monoisotopic (exact) mass is 527 g/mol. The van der Waals surface area contributed by atoms with Crippen molar-refractivity contribution in [2.24, 2.45) is 0 Å². The van der Waals surface area contributed by atoms with Crippen LogP contribution in [0.4, 0.5) is 10.2 Å². The number of aliphatic hydroxyl groups is 3. The van der Waals surface area contributed by atoms with E-state index in [2.05, 4.69) is 25.6 Å². The number of nitrogens with one attached hydrogen (secondary N) is 1. The Labute approximate surface area is 224 Å². The van der Waals surface area contributed by atoms with Gasteiger partial charge in [0.2, 0.25) is 0 Å². The highest BCUT2D eigenvalue weighted by Crippen LogP contribution is 2.44. The van der Waals surface area contributed by atoms with Gasteiger partial charge in [0.15, 0.2) is 22.1 Å². The predicted octanol–water partition coefficient (Wildman–Crippen LogP) is 2.18. The standard InChI is InChI=1S/C24H31FN6O4S/c1-3-8-36-24-27-22(26-16-10-14(16)13-5-4-12(2)15(25)9-13)19-23(28-24)31(30-29-19)17-11-18(35-7-6-32)21(34)20(17)33/h4-5,9,14,16-18,20-21,32-34H,3,6-8,10-11H2,1-2H3,(H,26,27,28)/t14-,16+,17+,18-,20-,21+/m0/s1/i6D2,11D2,14D,17D,18D,20D,21D. The summed E-state index contributed by atoms with van der Waals surface area (Å²) in [4.78, 5) is 8.75. The largest absolute Gasteiger partial charge is 0.394 e. The van der Waals surface area contributed by atoms with E-state index in [1.807, 2.05) is 6.92 Å². The molecule has 2 aromatic heterocycles. The number of halogens is 1. The number of nitrogens with zero attached hydrogens (tertiary/aromatic N) is 5. The highest BCUT2D eigenvalue weighted by Gasteiger charge is 2.45. The van der Waals surface area contributed by atoms with Crippen LogP contribution in [-0.4, -0.2) is 83.5 Å². The van der Waals surface area contributed by atoms with Crippen LogP contribution >= 0.6 is 11.8 Å². The third kappa shape index (κ3) is 4.92. The van der Waals surface area contributed by atoms with Gasteiger partial charge in [0.1, 0.15) is 18.0 Å². The Hall–Kier alpha value is -2.38. The first kappa shape index (κ1) is 16.5. The van der Waals surface area contributed by atoms with Gasteiger partial charge >= 0.3 is 0 Å². The summed E-state index contributed by atoms with van der Waals surface area (Å²) in [6, 6.07) is 0.282. The third-order valence-corrected chi connectivity index (χ3v) is 6.69. The molecule has 6 atom stereocenters. The first-order valence-electron chi connectivity index (χ1n) is 15.7. The molecule has 0 aliphatic heterocycles. The van der Waals surface area contributed by atoms with E-state index in [-0.39, 0.29) is 22.9 Å². The quantitative estimate of drug-likeness (QED) is 0.229. The van der Waals surface area contributed by atoms with Crippen molar-refractivity contribution in [2.45, 2.75) is 74.4 Å². The molecule has 0 amide bonds. The molecule has 36 heavy (non-hydrogen) atoms. The summed E-state index contributed by atoms with van der Waals surface area (Å²) >= 11 is 1.15. The van der Waals surface area contributed by atoms with E-state index in [9.17, 15) is 19.7 Å². The maximum absolute atomic E-state index is 14.3. The average Bonchev–Trinajstić information content (AvgIpc) is 3.38. The number of anilines is 1. The molecule has 4 N–H and O–H groups in total. The first-order chi connectivity index (χ1) is 20.6. The fourth-order valence-electron chi connectivity index (χ4n) is 3.69. The lowest BCUT2D eigenvalue weighted by Gasteiger charge is -2.17. The van der Waals surface area contributed by atoms with Crippen molar-refractivity contribution < 1.29 is 36.8 Å². The number of rotatable bonds is 10. The molecule has 194 valence electrons. The maximum Gasteiger partial charge on any atom is 0.191 e. The third-order valence-electron chi connectivity index (χ3n) is 5.64. The van der Waals surface area contributed by atoms with Gasteiger partial charge in [-0.05, 0) is 37.0 Å². The van der Waals surface area contributed by atoms with Crippen LogP contribution in [0.2, 0.25) is 0 Å². The average molecular weight is 528 g/mol. The van der Waals surface area contributed by atoms with Crippen molar-refractivity contribution in [1.82, 2.24) is 25.0 Å². The fourth-order valence-corrected chi connectivity index (χ4v) is 4.38. The Morgan fingerprint density at radius 2 is 2.19 bits per heavy atom. The first-order valence-corrected chi connectivity index (χ1v) is 12.2. The van der Waals surface area contributed by atoms with Crippen molar-refractivity contribution in [1.29, 1.82) is 0 Å². The van der Waals surface area contributed by atoms with Crippen molar-refractivity contribution >= 4 is 28.7 Å². The van der Waals surface area contributed by atoms with E-state index < -0.39 is 67.2 Å². The number of hydrogen-bond donors (Lipinski definition) is 4. The highest BCUT2D eigenvalue weighted by molar-refractivity contribution is 7.99. The van der Waals surface area contributed by atoms with E-state index in [1.54, 1.807) is 19.1 Å². The lowest BCUT2D eigenvalue weighted by molar-refractivity contribution is -0.0629. The van der Waals surface area contributed by atoms with Crippen molar-refractivity contribution in [3.05, 3.63) is 35.1 Å². The molecular weight excluding hydrogens is 487 g/mol. The van der Waals surface area contributed by atoms with E-state index in [0.29, 0.717) is 28.0 Å². The highest BCUT2D eigenvalue weighted by atomic mass is 32.2. The van der Waals surface area contributed by atoms with Gasteiger partial charge in [0.05, 0.1) is 33.5 Å². The molecule has 0 radical (unpaired) electrons. The van der Waals surface area contributed by atoms with Gasteiger partial charge in [0, 0.05) is 28.2 Å². The Balaban J connectivity index is 1.62. The Kier molecular flexibility index (Phi) is 4.82. The number of fused-ring (bicyclic) bond motifs is 1. The van der Waals surface area contributed by atoms with Gasteiger partial charge in [0.25, 0.3) is 0 Å². The maximum atomic E-state index is 14.3. The summed E-state index contributed by atoms with van der Waals surface area (Å²) < 4.78 is 94.6. The van der Waals surface area contributed by atoms with Gasteiger partial charge < -0.3 is 25.4 Å². The number of benzene rings is 1. The lowest BCUT2D eigenvalue weighted by Crippen LogP contribution is -2.33. The second-order valence-electron chi connectivity index (χ2n) is 8.21. The molecule has 0 unspecified atom stereocenters. The second-order valence-corrected chi connectivity index (χ2v) is 9.28. The molecular formula is C24H31FN6O4S. The Bertz CT molecular complexity index is 1650. The SMILES string of the molecule is [2H]C([2H])(O)CO[C@@]1([2H])C([2H])([2H])[C@@]([2H])(n2nnc3c(N[C@@H]4C[C@@]4([2H])c4ccc(C)c(F)c4)nc(SCCC)nc32)[C@]([2H])(O)[C@]1([2H])O. The smallest absolute Gasteiger partial charge is 0.191 e. The molecule has 2 saturated carbocycles. The van der Waals surface area contributed by atoms with Gasteiger partial charge in [-0.1, -0.05) is 36.0 Å². The molecule has 1 aromatic carbocycles. The van der Waals surface area contributed by atoms with E-state index in [4.69, 9.17) is 17.1 Å². The molecule has 5 rings (SSSR count). The molecule has 12 heteroatoms. The van der Waals surface area contributed by atoms with E-state index in [1.165, 1.54) is 6.07 Å². The summed E-state index contributed by atoms with van der Waals surface area (Å²) in [5.41, 5.74) is 0.184. The molecule has 2 aliphatic carbocycles. The minimum Gasteiger partial charge on any atom is -0.394 e. The minimum absolute atomic E-state index is 0.0183. The zero-order valence-corrected chi connectivity index (χ0v) is 20.2. The summed E-state index contributed by atoms with van der Waals surface area (Å²) in [6.07, 6.45) is -14.4.